The molecule has 0 amide bonds. The minimum atomic E-state index is -0.178. The molecular formula is C9H14FNO. The van der Waals surface area contributed by atoms with E-state index in [0.717, 1.165) is 6.61 Å². The van der Waals surface area contributed by atoms with E-state index in [-0.39, 0.29) is 5.82 Å². The maximum atomic E-state index is 11.9. The predicted octanol–water partition coefficient (Wildman–Crippen LogP) is 1.98. The van der Waals surface area contributed by atoms with Crippen LogP contribution in [0.4, 0.5) is 4.39 Å². The third-order valence-electron chi connectivity index (χ3n) is 1.02. The monoisotopic (exact) mass is 171 g/mol. The van der Waals surface area contributed by atoms with Gasteiger partial charge in [-0.25, -0.2) is 9.87 Å². The lowest BCUT2D eigenvalue weighted by Crippen LogP contribution is -2.05. The molecule has 0 aliphatic heterocycles. The minimum Gasteiger partial charge on any atom is -0.302 e. The van der Waals surface area contributed by atoms with Gasteiger partial charge >= 0.3 is 0 Å². The summed E-state index contributed by atoms with van der Waals surface area (Å²) < 4.78 is 11.9. The number of hydrogen-bond donors (Lipinski definition) is 1. The number of nitrogens with one attached hydrogen (secondary N) is 1. The van der Waals surface area contributed by atoms with Gasteiger partial charge in [0.1, 0.15) is 5.82 Å². The molecule has 1 aromatic rings. The van der Waals surface area contributed by atoms with Crippen LogP contribution in [0.1, 0.15) is 6.92 Å². The van der Waals surface area contributed by atoms with E-state index in [4.69, 9.17) is 0 Å². The molecule has 1 aromatic carbocycles. The summed E-state index contributed by atoms with van der Waals surface area (Å²) in [4.78, 5) is 4.58. The van der Waals surface area contributed by atoms with Gasteiger partial charge in [0.05, 0.1) is 6.61 Å². The molecule has 0 heterocycles. The normalized spacial score (nSPS) is 8.58. The Labute approximate surface area is 72.3 Å². The van der Waals surface area contributed by atoms with Crippen LogP contribution in [0.25, 0.3) is 0 Å². The van der Waals surface area contributed by atoms with E-state index >= 15 is 0 Å². The van der Waals surface area contributed by atoms with E-state index in [1.54, 1.807) is 25.2 Å². The van der Waals surface area contributed by atoms with Crippen LogP contribution in [0, 0.1) is 5.82 Å². The zero-order valence-electron chi connectivity index (χ0n) is 7.38. The third kappa shape index (κ3) is 7.18. The second kappa shape index (κ2) is 8.17. The summed E-state index contributed by atoms with van der Waals surface area (Å²) >= 11 is 0. The summed E-state index contributed by atoms with van der Waals surface area (Å²) in [5.41, 5.74) is 2.52. The first-order valence-corrected chi connectivity index (χ1v) is 3.80. The molecule has 0 aromatic heterocycles. The van der Waals surface area contributed by atoms with Gasteiger partial charge in [-0.15, -0.1) is 0 Å². The van der Waals surface area contributed by atoms with Crippen molar-refractivity contribution in [2.75, 3.05) is 13.7 Å². The van der Waals surface area contributed by atoms with Crippen molar-refractivity contribution in [1.29, 1.82) is 0 Å². The van der Waals surface area contributed by atoms with Crippen molar-refractivity contribution in [2.24, 2.45) is 0 Å². The Kier molecular flexibility index (Phi) is 7.54. The van der Waals surface area contributed by atoms with E-state index < -0.39 is 0 Å². The summed E-state index contributed by atoms with van der Waals surface area (Å²) in [6, 6.07) is 7.94. The summed E-state index contributed by atoms with van der Waals surface area (Å²) in [6.45, 7) is 2.66. The number of benzene rings is 1. The maximum absolute atomic E-state index is 11.9. The van der Waals surface area contributed by atoms with Gasteiger partial charge in [-0.05, 0) is 19.1 Å². The Morgan fingerprint density at radius 3 is 2.08 bits per heavy atom. The third-order valence-corrected chi connectivity index (χ3v) is 1.02. The van der Waals surface area contributed by atoms with E-state index in [2.05, 4.69) is 10.3 Å². The predicted molar refractivity (Wildman–Crippen MR) is 47.1 cm³/mol. The standard InChI is InChI=1S/C6H5F.C3H9NO/c7-6-4-2-1-3-5-6;1-3-5-4-2/h1-5H;4H,3H2,1-2H3. The van der Waals surface area contributed by atoms with Gasteiger partial charge in [0.15, 0.2) is 0 Å². The lowest BCUT2D eigenvalue weighted by molar-refractivity contribution is 0.0687. The molecule has 68 valence electrons. The molecule has 0 saturated carbocycles. The Bertz CT molecular complexity index is 177. The molecular weight excluding hydrogens is 157 g/mol. The zero-order valence-corrected chi connectivity index (χ0v) is 7.38. The Balaban J connectivity index is 0.000000217. The zero-order chi connectivity index (χ0) is 9.23. The number of halogens is 1. The minimum absolute atomic E-state index is 0.178. The first-order chi connectivity index (χ1) is 5.81. The summed E-state index contributed by atoms with van der Waals surface area (Å²) in [5, 5.41) is 0. The highest BCUT2D eigenvalue weighted by Gasteiger charge is 1.77. The van der Waals surface area contributed by atoms with Crippen LogP contribution in [-0.2, 0) is 4.84 Å². The lowest BCUT2D eigenvalue weighted by atomic mass is 10.4. The SMILES string of the molecule is CCONC.Fc1ccccc1. The molecule has 0 radical (unpaired) electrons. The number of hydrogen-bond acceptors (Lipinski definition) is 2. The first-order valence-electron chi connectivity index (χ1n) is 3.80. The van der Waals surface area contributed by atoms with E-state index in [9.17, 15) is 4.39 Å². The molecule has 0 aliphatic rings. The molecule has 12 heavy (non-hydrogen) atoms. The molecule has 1 N–H and O–H groups in total. The first kappa shape index (κ1) is 11.1. The maximum Gasteiger partial charge on any atom is 0.123 e. The fourth-order valence-corrected chi connectivity index (χ4v) is 0.559. The van der Waals surface area contributed by atoms with E-state index in [1.807, 2.05) is 6.92 Å². The van der Waals surface area contributed by atoms with Gasteiger partial charge in [0.2, 0.25) is 0 Å². The molecule has 0 fully saturated rings. The van der Waals surface area contributed by atoms with Crippen molar-refractivity contribution in [3.05, 3.63) is 36.1 Å². The van der Waals surface area contributed by atoms with Gasteiger partial charge in [0.25, 0.3) is 0 Å². The fourth-order valence-electron chi connectivity index (χ4n) is 0.559. The number of rotatable bonds is 2. The topological polar surface area (TPSA) is 21.3 Å². The highest BCUT2D eigenvalue weighted by atomic mass is 19.1. The summed E-state index contributed by atoms with van der Waals surface area (Å²) in [5.74, 6) is -0.178. The molecule has 1 rings (SSSR count). The van der Waals surface area contributed by atoms with Crippen LogP contribution in [0.5, 0.6) is 0 Å². The van der Waals surface area contributed by atoms with Crippen molar-refractivity contribution in [3.8, 4) is 0 Å². The van der Waals surface area contributed by atoms with Crippen molar-refractivity contribution in [2.45, 2.75) is 6.92 Å². The second-order valence-electron chi connectivity index (χ2n) is 1.93. The van der Waals surface area contributed by atoms with Crippen molar-refractivity contribution >= 4 is 0 Å². The fraction of sp³-hybridized carbons (Fsp3) is 0.333. The average molecular weight is 171 g/mol. The smallest absolute Gasteiger partial charge is 0.123 e. The van der Waals surface area contributed by atoms with Crippen LogP contribution in [0.15, 0.2) is 30.3 Å². The summed E-state index contributed by atoms with van der Waals surface area (Å²) in [7, 11) is 1.74. The Hall–Kier alpha value is -0.930. The van der Waals surface area contributed by atoms with E-state index in [0.29, 0.717) is 0 Å². The van der Waals surface area contributed by atoms with Gasteiger partial charge < -0.3 is 4.84 Å². The Morgan fingerprint density at radius 2 is 1.92 bits per heavy atom. The molecule has 0 spiro atoms. The van der Waals surface area contributed by atoms with E-state index in [1.165, 1.54) is 12.1 Å². The lowest BCUT2D eigenvalue weighted by Gasteiger charge is -1.88. The molecule has 0 aliphatic carbocycles. The second-order valence-corrected chi connectivity index (χ2v) is 1.93. The van der Waals surface area contributed by atoms with Gasteiger partial charge in [0, 0.05) is 7.05 Å². The van der Waals surface area contributed by atoms with Crippen LogP contribution >= 0.6 is 0 Å². The molecule has 3 heteroatoms. The molecule has 0 atom stereocenters. The van der Waals surface area contributed by atoms with Gasteiger partial charge in [-0.1, -0.05) is 18.2 Å². The van der Waals surface area contributed by atoms with Crippen LogP contribution in [-0.4, -0.2) is 13.7 Å². The van der Waals surface area contributed by atoms with Crippen LogP contribution in [0.3, 0.4) is 0 Å². The Morgan fingerprint density at radius 1 is 1.33 bits per heavy atom. The highest BCUT2D eigenvalue weighted by molar-refractivity contribution is 5.02. The van der Waals surface area contributed by atoms with Crippen molar-refractivity contribution < 1.29 is 9.23 Å². The summed E-state index contributed by atoms with van der Waals surface area (Å²) in [6.07, 6.45) is 0. The molecule has 2 nitrogen and oxygen atoms in total. The van der Waals surface area contributed by atoms with Gasteiger partial charge in [-0.3, -0.25) is 0 Å². The molecule has 0 bridgehead atoms. The average Bonchev–Trinajstić information content (AvgIpc) is 2.08. The van der Waals surface area contributed by atoms with Crippen LogP contribution < -0.4 is 5.48 Å². The van der Waals surface area contributed by atoms with Crippen molar-refractivity contribution in [1.82, 2.24) is 5.48 Å². The highest BCUT2D eigenvalue weighted by Crippen LogP contribution is 1.91. The molecule has 0 saturated heterocycles. The largest absolute Gasteiger partial charge is 0.302 e. The molecule has 0 unspecified atom stereocenters. The van der Waals surface area contributed by atoms with Crippen molar-refractivity contribution in [3.63, 3.8) is 0 Å². The quantitative estimate of drug-likeness (QED) is 0.687. The number of hydroxylamine groups is 1. The van der Waals surface area contributed by atoms with Crippen LogP contribution in [0.2, 0.25) is 0 Å². The van der Waals surface area contributed by atoms with Gasteiger partial charge in [-0.2, -0.15) is 0 Å².